The lowest BCUT2D eigenvalue weighted by molar-refractivity contribution is -0.115. The number of halogens is 1. The molecule has 4 rings (SSSR count). The van der Waals surface area contributed by atoms with E-state index in [1.807, 2.05) is 51.3 Å². The fourth-order valence-corrected chi connectivity index (χ4v) is 4.42. The largest absolute Gasteiger partial charge is 0.325 e. The van der Waals surface area contributed by atoms with Gasteiger partial charge in [-0.3, -0.25) is 4.79 Å². The van der Waals surface area contributed by atoms with Crippen molar-refractivity contribution in [2.75, 3.05) is 5.32 Å². The quantitative estimate of drug-likeness (QED) is 0.448. The molecule has 7 heteroatoms. The molecule has 0 aliphatic carbocycles. The maximum Gasteiger partial charge on any atom is 0.228 e. The molecular weight excluding hydrogens is 411 g/mol. The highest BCUT2D eigenvalue weighted by Crippen LogP contribution is 2.27. The minimum atomic E-state index is -0.276. The Labute approximate surface area is 184 Å². The minimum absolute atomic E-state index is 0.0747. The van der Waals surface area contributed by atoms with Crippen molar-refractivity contribution in [3.63, 3.8) is 0 Å². The Morgan fingerprint density at radius 2 is 1.74 bits per heavy atom. The molecule has 0 saturated heterocycles. The van der Waals surface area contributed by atoms with Crippen LogP contribution in [-0.4, -0.2) is 20.7 Å². The van der Waals surface area contributed by atoms with E-state index in [0.717, 1.165) is 45.0 Å². The fourth-order valence-electron chi connectivity index (χ4n) is 3.59. The molecule has 2 aromatic carbocycles. The molecular formula is C24H23FN4OS. The fraction of sp³-hybridized carbons (Fsp3) is 0.208. The van der Waals surface area contributed by atoms with E-state index in [4.69, 9.17) is 0 Å². The van der Waals surface area contributed by atoms with Crippen molar-refractivity contribution in [1.82, 2.24) is 14.8 Å². The molecule has 0 fully saturated rings. The van der Waals surface area contributed by atoms with Crippen LogP contribution in [0, 0.1) is 33.5 Å². The van der Waals surface area contributed by atoms with E-state index >= 15 is 0 Å². The molecule has 0 bridgehead atoms. The predicted molar refractivity (Wildman–Crippen MR) is 122 cm³/mol. The highest BCUT2D eigenvalue weighted by molar-refractivity contribution is 7.12. The lowest BCUT2D eigenvalue weighted by Gasteiger charge is -2.11. The van der Waals surface area contributed by atoms with Crippen LogP contribution in [0.2, 0.25) is 0 Å². The number of aryl methyl sites for hydroxylation is 3. The Bertz CT molecular complexity index is 1240. The van der Waals surface area contributed by atoms with Crippen LogP contribution in [0.3, 0.4) is 0 Å². The van der Waals surface area contributed by atoms with E-state index in [2.05, 4.69) is 15.4 Å². The molecule has 0 saturated carbocycles. The highest BCUT2D eigenvalue weighted by atomic mass is 32.1. The number of nitrogens with one attached hydrogen (secondary N) is 1. The first-order valence-electron chi connectivity index (χ1n) is 9.96. The second-order valence-electron chi connectivity index (χ2n) is 7.58. The minimum Gasteiger partial charge on any atom is -0.325 e. The van der Waals surface area contributed by atoms with Crippen LogP contribution in [0.4, 0.5) is 10.1 Å². The number of carbonyl (C=O) groups is 1. The van der Waals surface area contributed by atoms with Crippen molar-refractivity contribution in [1.29, 1.82) is 0 Å². The number of nitrogens with zero attached hydrogens (tertiary/aromatic N) is 3. The molecule has 158 valence electrons. The summed E-state index contributed by atoms with van der Waals surface area (Å²) in [6.45, 7) is 7.82. The van der Waals surface area contributed by atoms with Crippen LogP contribution in [0.25, 0.3) is 16.4 Å². The maximum atomic E-state index is 13.2. The Balaban J connectivity index is 1.57. The summed E-state index contributed by atoms with van der Waals surface area (Å²) in [6, 6.07) is 12.2. The Morgan fingerprint density at radius 1 is 1.06 bits per heavy atom. The van der Waals surface area contributed by atoms with Gasteiger partial charge in [-0.25, -0.2) is 14.1 Å². The number of aromatic nitrogens is 3. The molecule has 2 heterocycles. The molecule has 0 aliphatic heterocycles. The summed E-state index contributed by atoms with van der Waals surface area (Å²) in [7, 11) is 0. The topological polar surface area (TPSA) is 59.8 Å². The Morgan fingerprint density at radius 3 is 2.42 bits per heavy atom. The number of thiazole rings is 1. The molecule has 0 spiro atoms. The summed E-state index contributed by atoms with van der Waals surface area (Å²) in [5, 5.41) is 10.3. The van der Waals surface area contributed by atoms with Crippen LogP contribution < -0.4 is 5.32 Å². The lowest BCUT2D eigenvalue weighted by atomic mass is 10.1. The Hall–Kier alpha value is -3.32. The van der Waals surface area contributed by atoms with Crippen LogP contribution in [0.15, 0.2) is 47.8 Å². The second kappa shape index (κ2) is 8.43. The smallest absolute Gasteiger partial charge is 0.228 e. The average Bonchev–Trinajstić information content (AvgIpc) is 3.32. The molecule has 0 unspecified atom stereocenters. The van der Waals surface area contributed by atoms with Gasteiger partial charge in [0.15, 0.2) is 0 Å². The molecule has 31 heavy (non-hydrogen) atoms. The van der Waals surface area contributed by atoms with E-state index in [9.17, 15) is 9.18 Å². The monoisotopic (exact) mass is 434 g/mol. The zero-order valence-electron chi connectivity index (χ0n) is 17.9. The normalized spacial score (nSPS) is 11.0. The van der Waals surface area contributed by atoms with E-state index in [-0.39, 0.29) is 18.1 Å². The molecule has 2 aromatic heterocycles. The lowest BCUT2D eigenvalue weighted by Crippen LogP contribution is -2.17. The summed E-state index contributed by atoms with van der Waals surface area (Å²) >= 11 is 1.46. The molecule has 1 amide bonds. The van der Waals surface area contributed by atoms with Gasteiger partial charge in [-0.1, -0.05) is 18.2 Å². The van der Waals surface area contributed by atoms with Crippen LogP contribution in [0.5, 0.6) is 0 Å². The summed E-state index contributed by atoms with van der Waals surface area (Å²) in [6.07, 6.45) is 0.238. The van der Waals surface area contributed by atoms with Gasteiger partial charge in [-0.05, 0) is 63.1 Å². The van der Waals surface area contributed by atoms with Crippen molar-refractivity contribution in [2.45, 2.75) is 34.1 Å². The number of benzene rings is 2. The first kappa shape index (κ1) is 20.9. The van der Waals surface area contributed by atoms with Gasteiger partial charge in [-0.15, -0.1) is 11.3 Å². The van der Waals surface area contributed by atoms with Gasteiger partial charge in [0.1, 0.15) is 5.82 Å². The van der Waals surface area contributed by atoms with Crippen molar-refractivity contribution in [2.24, 2.45) is 0 Å². The summed E-state index contributed by atoms with van der Waals surface area (Å²) in [5.41, 5.74) is 7.12. The van der Waals surface area contributed by atoms with Crippen molar-refractivity contribution in [3.05, 3.63) is 81.7 Å². The maximum absolute atomic E-state index is 13.2. The number of amides is 1. The van der Waals surface area contributed by atoms with Crippen molar-refractivity contribution >= 4 is 22.9 Å². The second-order valence-corrected chi connectivity index (χ2v) is 8.41. The van der Waals surface area contributed by atoms with Gasteiger partial charge in [0.25, 0.3) is 0 Å². The van der Waals surface area contributed by atoms with Crippen LogP contribution in [-0.2, 0) is 11.2 Å². The number of hydrogen-bond donors (Lipinski definition) is 1. The van der Waals surface area contributed by atoms with Crippen molar-refractivity contribution in [3.8, 4) is 16.4 Å². The van der Waals surface area contributed by atoms with Gasteiger partial charge < -0.3 is 5.32 Å². The zero-order valence-corrected chi connectivity index (χ0v) is 18.7. The van der Waals surface area contributed by atoms with Gasteiger partial charge >= 0.3 is 0 Å². The van der Waals surface area contributed by atoms with E-state index in [1.165, 1.54) is 23.5 Å². The molecule has 5 nitrogen and oxygen atoms in total. The molecule has 0 radical (unpaired) electrons. The third-order valence-electron chi connectivity index (χ3n) is 5.34. The summed E-state index contributed by atoms with van der Waals surface area (Å²) in [4.78, 5) is 17.4. The van der Waals surface area contributed by atoms with Gasteiger partial charge in [-0.2, -0.15) is 5.10 Å². The molecule has 4 aromatic rings. The van der Waals surface area contributed by atoms with Gasteiger partial charge in [0.2, 0.25) is 11.0 Å². The van der Waals surface area contributed by atoms with E-state index in [1.54, 1.807) is 16.8 Å². The van der Waals surface area contributed by atoms with Gasteiger partial charge in [0, 0.05) is 27.9 Å². The molecule has 0 atom stereocenters. The SMILES string of the molecule is Cc1cccc(C)c1NC(=O)Cc1c(C)nn(-c2nc(-c3ccc(F)cc3)cs2)c1C. The van der Waals surface area contributed by atoms with E-state index in [0.29, 0.717) is 5.13 Å². The van der Waals surface area contributed by atoms with Crippen molar-refractivity contribution < 1.29 is 9.18 Å². The standard InChI is InChI=1S/C24H23FN4OS/c1-14-6-5-7-15(2)23(14)27-22(30)12-20-16(3)28-29(17(20)4)24-26-21(13-31-24)18-8-10-19(25)11-9-18/h5-11,13H,12H2,1-4H3,(H,27,30). The number of para-hydroxylation sites is 1. The average molecular weight is 435 g/mol. The number of hydrogen-bond acceptors (Lipinski definition) is 4. The van der Waals surface area contributed by atoms with Gasteiger partial charge in [0.05, 0.1) is 17.8 Å². The third-order valence-corrected chi connectivity index (χ3v) is 6.15. The first-order chi connectivity index (χ1) is 14.8. The number of carbonyl (C=O) groups excluding carboxylic acids is 1. The van der Waals surface area contributed by atoms with E-state index < -0.39 is 0 Å². The van der Waals surface area contributed by atoms with Crippen LogP contribution >= 0.6 is 11.3 Å². The highest BCUT2D eigenvalue weighted by Gasteiger charge is 2.19. The summed E-state index contributed by atoms with van der Waals surface area (Å²) < 4.78 is 15.0. The first-order valence-corrected chi connectivity index (χ1v) is 10.8. The number of rotatable bonds is 5. The predicted octanol–water partition coefficient (Wildman–Crippen LogP) is 5.55. The van der Waals surface area contributed by atoms with Crippen LogP contribution in [0.1, 0.15) is 28.1 Å². The molecule has 0 aliphatic rings. The molecule has 1 N–H and O–H groups in total. The Kier molecular flexibility index (Phi) is 5.69. The summed E-state index contributed by atoms with van der Waals surface area (Å²) in [5.74, 6) is -0.351. The third kappa shape index (κ3) is 4.27. The zero-order chi connectivity index (χ0) is 22.1. The number of anilines is 1.